The zero-order valence-corrected chi connectivity index (χ0v) is 14.7. The molecule has 2 rings (SSSR count). The molecule has 132 valence electrons. The molecule has 1 atom stereocenters. The minimum absolute atomic E-state index is 0.0613. The highest BCUT2D eigenvalue weighted by Gasteiger charge is 2.16. The lowest BCUT2D eigenvalue weighted by molar-refractivity contribution is -0.136. The Morgan fingerprint density at radius 1 is 1.04 bits per heavy atom. The summed E-state index contributed by atoms with van der Waals surface area (Å²) in [5.41, 5.74) is 2.12. The van der Waals surface area contributed by atoms with E-state index >= 15 is 0 Å². The number of carbonyl (C=O) groups is 2. The van der Waals surface area contributed by atoms with Crippen molar-refractivity contribution in [2.24, 2.45) is 0 Å². The van der Waals surface area contributed by atoms with Gasteiger partial charge in [0.1, 0.15) is 0 Å². The molecule has 0 saturated carbocycles. The van der Waals surface area contributed by atoms with Crippen LogP contribution in [0.3, 0.4) is 0 Å². The summed E-state index contributed by atoms with van der Waals surface area (Å²) in [6.45, 7) is -0.0613. The summed E-state index contributed by atoms with van der Waals surface area (Å²) < 4.78 is 0. The molecule has 7 heteroatoms. The minimum atomic E-state index is -0.900. The second-order valence-electron chi connectivity index (χ2n) is 5.67. The van der Waals surface area contributed by atoms with Gasteiger partial charge >= 0.3 is 11.8 Å². The van der Waals surface area contributed by atoms with E-state index in [-0.39, 0.29) is 6.54 Å². The van der Waals surface area contributed by atoms with Gasteiger partial charge < -0.3 is 20.6 Å². The number of nitrogens with one attached hydrogen (secondary N) is 2. The highest BCUT2D eigenvalue weighted by molar-refractivity contribution is 6.39. The first-order valence-corrected chi connectivity index (χ1v) is 8.04. The van der Waals surface area contributed by atoms with E-state index in [2.05, 4.69) is 10.6 Å². The zero-order chi connectivity index (χ0) is 18.4. The molecule has 0 heterocycles. The number of rotatable bonds is 5. The molecule has 25 heavy (non-hydrogen) atoms. The molecule has 0 spiro atoms. The predicted molar refractivity (Wildman–Crippen MR) is 98.8 cm³/mol. The number of benzene rings is 2. The van der Waals surface area contributed by atoms with Crippen molar-refractivity contribution < 1.29 is 14.7 Å². The first-order chi connectivity index (χ1) is 11.9. The highest BCUT2D eigenvalue weighted by atomic mass is 35.5. The smallest absolute Gasteiger partial charge is 0.313 e. The fourth-order valence-corrected chi connectivity index (χ4v) is 2.23. The quantitative estimate of drug-likeness (QED) is 0.713. The van der Waals surface area contributed by atoms with E-state index in [0.29, 0.717) is 16.3 Å². The van der Waals surface area contributed by atoms with Crippen molar-refractivity contribution in [3.63, 3.8) is 0 Å². The summed E-state index contributed by atoms with van der Waals surface area (Å²) in [5.74, 6) is -1.63. The summed E-state index contributed by atoms with van der Waals surface area (Å²) >= 11 is 5.76. The molecule has 3 N–H and O–H groups in total. The van der Waals surface area contributed by atoms with Gasteiger partial charge in [-0.05, 0) is 42.0 Å². The van der Waals surface area contributed by atoms with Crippen molar-refractivity contribution >= 4 is 34.8 Å². The van der Waals surface area contributed by atoms with Crippen molar-refractivity contribution in [3.8, 4) is 0 Å². The topological polar surface area (TPSA) is 81.7 Å². The number of halogens is 1. The molecule has 0 aromatic heterocycles. The summed E-state index contributed by atoms with van der Waals surface area (Å²) in [7, 11) is 3.84. The number of carbonyl (C=O) groups excluding carboxylic acids is 2. The molecule has 0 saturated heterocycles. The zero-order valence-electron chi connectivity index (χ0n) is 14.0. The van der Waals surface area contributed by atoms with Gasteiger partial charge in [0.15, 0.2) is 0 Å². The average Bonchev–Trinajstić information content (AvgIpc) is 2.61. The lowest BCUT2D eigenvalue weighted by atomic mass is 10.1. The van der Waals surface area contributed by atoms with E-state index in [0.717, 1.165) is 5.69 Å². The van der Waals surface area contributed by atoms with Gasteiger partial charge in [-0.3, -0.25) is 9.59 Å². The molecular weight excluding hydrogens is 342 g/mol. The van der Waals surface area contributed by atoms with E-state index in [1.54, 1.807) is 36.4 Å². The lowest BCUT2D eigenvalue weighted by Crippen LogP contribution is -2.37. The van der Waals surface area contributed by atoms with E-state index in [1.807, 2.05) is 31.1 Å². The molecule has 0 aliphatic carbocycles. The van der Waals surface area contributed by atoms with Crippen LogP contribution in [0, 0.1) is 0 Å². The summed E-state index contributed by atoms with van der Waals surface area (Å²) in [6, 6.07) is 13.7. The Hall–Kier alpha value is -2.57. The molecule has 1 unspecified atom stereocenters. The molecule has 6 nitrogen and oxygen atoms in total. The number of amides is 2. The predicted octanol–water partition coefficient (Wildman–Crippen LogP) is 2.19. The summed E-state index contributed by atoms with van der Waals surface area (Å²) in [5, 5.41) is 15.5. The van der Waals surface area contributed by atoms with E-state index in [4.69, 9.17) is 11.6 Å². The van der Waals surface area contributed by atoms with Crippen molar-refractivity contribution in [2.75, 3.05) is 30.9 Å². The Balaban J connectivity index is 1.85. The largest absolute Gasteiger partial charge is 0.387 e. The SMILES string of the molecule is CN(C)c1ccc(C(O)CNC(=O)C(=O)Nc2ccc(Cl)cc2)cc1. The normalized spacial score (nSPS) is 11.5. The molecular formula is C18H20ClN3O3. The number of aliphatic hydroxyl groups is 1. The molecule has 2 aromatic rings. The summed E-state index contributed by atoms with van der Waals surface area (Å²) in [4.78, 5) is 25.6. The lowest BCUT2D eigenvalue weighted by Gasteiger charge is -2.15. The first kappa shape index (κ1) is 18.8. The average molecular weight is 362 g/mol. The number of aliphatic hydroxyl groups excluding tert-OH is 1. The fourth-order valence-electron chi connectivity index (χ4n) is 2.10. The maximum atomic E-state index is 11.8. The van der Waals surface area contributed by atoms with Crippen LogP contribution >= 0.6 is 11.6 Å². The number of hydrogen-bond acceptors (Lipinski definition) is 4. The van der Waals surface area contributed by atoms with Gasteiger partial charge in [0.2, 0.25) is 0 Å². The molecule has 0 bridgehead atoms. The van der Waals surface area contributed by atoms with Gasteiger partial charge in [-0.15, -0.1) is 0 Å². The highest BCUT2D eigenvalue weighted by Crippen LogP contribution is 2.17. The molecule has 0 aliphatic heterocycles. The Morgan fingerprint density at radius 3 is 2.20 bits per heavy atom. The molecule has 0 aliphatic rings. The number of hydrogen-bond donors (Lipinski definition) is 3. The van der Waals surface area contributed by atoms with E-state index in [9.17, 15) is 14.7 Å². The summed E-state index contributed by atoms with van der Waals surface area (Å²) in [6.07, 6.45) is -0.900. The third kappa shape index (κ3) is 5.48. The van der Waals surface area contributed by atoms with Crippen LogP contribution in [0.2, 0.25) is 5.02 Å². The van der Waals surface area contributed by atoms with Gasteiger partial charge in [-0.2, -0.15) is 0 Å². The van der Waals surface area contributed by atoms with Gasteiger partial charge in [0.05, 0.1) is 6.10 Å². The van der Waals surface area contributed by atoms with Gasteiger partial charge in [0.25, 0.3) is 0 Å². The van der Waals surface area contributed by atoms with Gasteiger partial charge in [-0.25, -0.2) is 0 Å². The van der Waals surface area contributed by atoms with Crippen molar-refractivity contribution in [2.45, 2.75) is 6.10 Å². The van der Waals surface area contributed by atoms with Crippen LogP contribution in [-0.2, 0) is 9.59 Å². The third-order valence-corrected chi connectivity index (χ3v) is 3.81. The van der Waals surface area contributed by atoms with Gasteiger partial charge in [-0.1, -0.05) is 23.7 Å². The maximum Gasteiger partial charge on any atom is 0.313 e. The molecule has 2 amide bonds. The van der Waals surface area contributed by atoms with Gasteiger partial charge in [0, 0.05) is 37.0 Å². The Kier molecular flexibility index (Phi) is 6.38. The van der Waals surface area contributed by atoms with Crippen LogP contribution in [0.4, 0.5) is 11.4 Å². The first-order valence-electron chi connectivity index (χ1n) is 7.67. The minimum Gasteiger partial charge on any atom is -0.387 e. The fraction of sp³-hybridized carbons (Fsp3) is 0.222. The Labute approximate surface area is 151 Å². The van der Waals surface area contributed by atoms with E-state index < -0.39 is 17.9 Å². The molecule has 0 fully saturated rings. The molecule has 2 aromatic carbocycles. The Morgan fingerprint density at radius 2 is 1.64 bits per heavy atom. The second kappa shape index (κ2) is 8.50. The van der Waals surface area contributed by atoms with Crippen LogP contribution < -0.4 is 15.5 Å². The maximum absolute atomic E-state index is 11.8. The standard InChI is InChI=1S/C18H20ClN3O3/c1-22(2)15-9-3-12(4-10-15)16(23)11-20-17(24)18(25)21-14-7-5-13(19)6-8-14/h3-10,16,23H,11H2,1-2H3,(H,20,24)(H,21,25). The van der Waals surface area contributed by atoms with Crippen molar-refractivity contribution in [1.29, 1.82) is 0 Å². The van der Waals surface area contributed by atoms with Crippen LogP contribution in [0.1, 0.15) is 11.7 Å². The van der Waals surface area contributed by atoms with Crippen LogP contribution in [0.25, 0.3) is 0 Å². The monoisotopic (exact) mass is 361 g/mol. The third-order valence-electron chi connectivity index (χ3n) is 3.56. The number of anilines is 2. The van der Waals surface area contributed by atoms with Crippen molar-refractivity contribution in [1.82, 2.24) is 5.32 Å². The van der Waals surface area contributed by atoms with E-state index in [1.165, 1.54) is 0 Å². The van der Waals surface area contributed by atoms with Crippen LogP contribution in [-0.4, -0.2) is 37.6 Å². The van der Waals surface area contributed by atoms with Crippen LogP contribution in [0.15, 0.2) is 48.5 Å². The number of nitrogens with zero attached hydrogens (tertiary/aromatic N) is 1. The second-order valence-corrected chi connectivity index (χ2v) is 6.11. The molecule has 0 radical (unpaired) electrons. The van der Waals surface area contributed by atoms with Crippen molar-refractivity contribution in [3.05, 3.63) is 59.1 Å². The van der Waals surface area contributed by atoms with Crippen LogP contribution in [0.5, 0.6) is 0 Å². The Bertz CT molecular complexity index is 730.